The first kappa shape index (κ1) is 20.3. The Kier molecular flexibility index (Phi) is 4.17. The number of halogens is 2. The molecule has 7 rings (SSSR count). The van der Waals surface area contributed by atoms with E-state index in [0.29, 0.717) is 28.8 Å². The number of aromatic hydroxyl groups is 1. The van der Waals surface area contributed by atoms with Gasteiger partial charge >= 0.3 is 0 Å². The van der Waals surface area contributed by atoms with Crippen molar-refractivity contribution in [1.82, 2.24) is 10.3 Å². The first-order valence-electron chi connectivity index (χ1n) is 11.3. The van der Waals surface area contributed by atoms with Crippen LogP contribution in [0.5, 0.6) is 5.75 Å². The molecule has 2 aliphatic heterocycles. The summed E-state index contributed by atoms with van der Waals surface area (Å²) in [5.41, 5.74) is 4.25. The summed E-state index contributed by atoms with van der Waals surface area (Å²) in [7, 11) is 0. The molecule has 5 nitrogen and oxygen atoms in total. The normalized spacial score (nSPS) is 26.3. The van der Waals surface area contributed by atoms with Gasteiger partial charge in [-0.05, 0) is 48.3 Å². The molecule has 0 unspecified atom stereocenters. The third kappa shape index (κ3) is 2.61. The summed E-state index contributed by atoms with van der Waals surface area (Å²) in [6.45, 7) is 8.33. The summed E-state index contributed by atoms with van der Waals surface area (Å²) < 4.78 is 14.0. The molecule has 166 valence electrons. The first-order chi connectivity index (χ1) is 15.2. The molecule has 0 amide bonds. The Hall–Kier alpha value is -2.36. The fraction of sp³-hybridized carbons (Fsp3) is 0.520. The molecule has 1 saturated carbocycles. The Morgan fingerprint density at radius 1 is 1.34 bits per heavy atom. The Morgan fingerprint density at radius 3 is 2.75 bits per heavy atom. The summed E-state index contributed by atoms with van der Waals surface area (Å²) >= 11 is 6.50. The van der Waals surface area contributed by atoms with Crippen molar-refractivity contribution in [2.75, 3.05) is 31.1 Å². The molecule has 5 aliphatic rings. The van der Waals surface area contributed by atoms with Crippen LogP contribution in [0, 0.1) is 33.9 Å². The summed E-state index contributed by atoms with van der Waals surface area (Å²) in [5, 5.41) is 24.0. The van der Waals surface area contributed by atoms with Crippen molar-refractivity contribution in [3.05, 3.63) is 39.8 Å². The lowest BCUT2D eigenvalue weighted by molar-refractivity contribution is 0.0158. The fourth-order valence-electron chi connectivity index (χ4n) is 6.44. The van der Waals surface area contributed by atoms with E-state index in [1.54, 1.807) is 0 Å². The van der Waals surface area contributed by atoms with E-state index in [2.05, 4.69) is 30.1 Å². The van der Waals surface area contributed by atoms with E-state index in [4.69, 9.17) is 16.6 Å². The topological polar surface area (TPSA) is 72.2 Å². The third-order valence-electron chi connectivity index (χ3n) is 8.72. The smallest absolute Gasteiger partial charge is 0.166 e. The highest BCUT2D eigenvalue weighted by Gasteiger charge is 2.54. The number of aromatic nitrogens is 1. The van der Waals surface area contributed by atoms with Gasteiger partial charge in [-0.2, -0.15) is 5.26 Å². The molecule has 0 radical (unpaired) electrons. The van der Waals surface area contributed by atoms with Crippen LogP contribution in [0.4, 0.5) is 10.2 Å². The predicted octanol–water partition coefficient (Wildman–Crippen LogP) is 4.60. The van der Waals surface area contributed by atoms with E-state index in [0.717, 1.165) is 68.3 Å². The van der Waals surface area contributed by atoms with Gasteiger partial charge in [-0.15, -0.1) is 0 Å². The molecule has 2 atom stereocenters. The molecule has 2 saturated heterocycles. The van der Waals surface area contributed by atoms with Crippen LogP contribution in [-0.4, -0.2) is 36.3 Å². The maximum Gasteiger partial charge on any atom is 0.166 e. The van der Waals surface area contributed by atoms with Crippen molar-refractivity contribution in [1.29, 1.82) is 5.26 Å². The highest BCUT2D eigenvalue weighted by atomic mass is 35.5. The van der Waals surface area contributed by atoms with Crippen LogP contribution in [0.3, 0.4) is 0 Å². The molecule has 2 N–H and O–H groups in total. The molecule has 2 bridgehead atoms. The number of nitrogens with zero attached hydrogens (tertiary/aromatic N) is 3. The molecular weight excluding hydrogens is 427 g/mol. The van der Waals surface area contributed by atoms with E-state index in [-0.39, 0.29) is 15.9 Å². The quantitative estimate of drug-likeness (QED) is 0.696. The van der Waals surface area contributed by atoms with Crippen LogP contribution in [0.1, 0.15) is 49.4 Å². The summed E-state index contributed by atoms with van der Waals surface area (Å²) in [6.07, 6.45) is 3.00. The number of phenolic OH excluding ortho intramolecular Hbond substituents is 1. The van der Waals surface area contributed by atoms with Gasteiger partial charge in [0.1, 0.15) is 17.5 Å². The Bertz CT molecular complexity index is 1200. The number of rotatable bonds is 2. The van der Waals surface area contributed by atoms with Gasteiger partial charge in [0, 0.05) is 48.6 Å². The minimum Gasteiger partial charge on any atom is -0.505 e. The van der Waals surface area contributed by atoms with Crippen LogP contribution in [-0.2, 0) is 6.42 Å². The number of phenols is 1. The highest BCUT2D eigenvalue weighted by molar-refractivity contribution is 6.33. The van der Waals surface area contributed by atoms with Gasteiger partial charge in [-0.3, -0.25) is 0 Å². The van der Waals surface area contributed by atoms with Crippen molar-refractivity contribution in [3.63, 3.8) is 0 Å². The lowest BCUT2D eigenvalue weighted by Gasteiger charge is -2.57. The zero-order chi connectivity index (χ0) is 22.4. The Morgan fingerprint density at radius 2 is 2.12 bits per heavy atom. The van der Waals surface area contributed by atoms with Gasteiger partial charge in [-0.25, -0.2) is 9.37 Å². The number of pyridine rings is 1. The predicted molar refractivity (Wildman–Crippen MR) is 121 cm³/mol. The number of nitrogens with one attached hydrogen (secondary N) is 1. The molecule has 3 aliphatic carbocycles. The molecular formula is C25H26ClFN4O. The summed E-state index contributed by atoms with van der Waals surface area (Å²) in [6, 6.07) is 4.91. The van der Waals surface area contributed by atoms with Crippen LogP contribution < -0.4 is 10.2 Å². The fourth-order valence-corrected chi connectivity index (χ4v) is 6.68. The van der Waals surface area contributed by atoms with Crippen molar-refractivity contribution in [2.24, 2.45) is 16.7 Å². The molecule has 3 heterocycles. The van der Waals surface area contributed by atoms with E-state index >= 15 is 0 Å². The number of benzene rings is 1. The van der Waals surface area contributed by atoms with Crippen molar-refractivity contribution in [2.45, 2.75) is 39.0 Å². The molecule has 1 aromatic heterocycles. The van der Waals surface area contributed by atoms with Gasteiger partial charge in [0.15, 0.2) is 11.6 Å². The second-order valence-corrected chi connectivity index (χ2v) is 11.1. The summed E-state index contributed by atoms with van der Waals surface area (Å²) in [5.74, 6) is 0.342. The van der Waals surface area contributed by atoms with Crippen LogP contribution in [0.2, 0.25) is 5.02 Å². The Labute approximate surface area is 192 Å². The molecule has 1 aromatic carbocycles. The number of hydrogen-bond donors (Lipinski definition) is 2. The average Bonchev–Trinajstić information content (AvgIpc) is 3.20. The monoisotopic (exact) mass is 452 g/mol. The summed E-state index contributed by atoms with van der Waals surface area (Å²) in [4.78, 5) is 7.41. The third-order valence-corrected chi connectivity index (χ3v) is 9.03. The molecule has 32 heavy (non-hydrogen) atoms. The zero-order valence-corrected chi connectivity index (χ0v) is 19.1. The van der Waals surface area contributed by atoms with Crippen molar-refractivity contribution >= 4 is 17.4 Å². The van der Waals surface area contributed by atoms with E-state index in [9.17, 15) is 14.8 Å². The lowest BCUT2D eigenvalue weighted by Crippen LogP contribution is -2.54. The largest absolute Gasteiger partial charge is 0.505 e. The number of anilines is 1. The lowest BCUT2D eigenvalue weighted by atomic mass is 9.48. The molecule has 2 aromatic rings. The average molecular weight is 453 g/mol. The van der Waals surface area contributed by atoms with Crippen LogP contribution in [0.25, 0.3) is 11.1 Å². The number of hydrogen-bond acceptors (Lipinski definition) is 5. The standard InChI is InChI=1S/C25H26ClFN4O/c1-24(2)13-5-15-21(14-7-20(32)19(27)8-18(14)26)16(9-28)23(30-22(15)17(24)6-13)31-4-3-25(12-31)10-29-11-25/h7-8,13,17,29,32H,3-6,10-12H2,1-2H3/t13-,17-/m0/s1. The van der Waals surface area contributed by atoms with Gasteiger partial charge in [-0.1, -0.05) is 25.4 Å². The van der Waals surface area contributed by atoms with Gasteiger partial charge in [0.2, 0.25) is 0 Å². The van der Waals surface area contributed by atoms with Gasteiger partial charge in [0.05, 0.1) is 10.7 Å². The van der Waals surface area contributed by atoms with E-state index < -0.39 is 11.6 Å². The Balaban J connectivity index is 1.59. The highest BCUT2D eigenvalue weighted by Crippen LogP contribution is 2.63. The van der Waals surface area contributed by atoms with E-state index in [1.807, 2.05) is 0 Å². The molecule has 7 heteroatoms. The maximum atomic E-state index is 14.0. The second-order valence-electron chi connectivity index (χ2n) is 10.7. The second kappa shape index (κ2) is 6.59. The van der Waals surface area contributed by atoms with Crippen molar-refractivity contribution in [3.8, 4) is 22.9 Å². The van der Waals surface area contributed by atoms with Gasteiger partial charge in [0.25, 0.3) is 0 Å². The first-order valence-corrected chi connectivity index (χ1v) is 11.7. The minimum absolute atomic E-state index is 0.168. The van der Waals surface area contributed by atoms with Crippen molar-refractivity contribution < 1.29 is 9.50 Å². The maximum absolute atomic E-state index is 14.0. The molecule has 1 spiro atoms. The van der Waals surface area contributed by atoms with E-state index in [1.165, 1.54) is 6.07 Å². The number of nitriles is 1. The minimum atomic E-state index is -0.761. The van der Waals surface area contributed by atoms with Gasteiger partial charge < -0.3 is 15.3 Å². The van der Waals surface area contributed by atoms with Crippen LogP contribution in [0.15, 0.2) is 12.1 Å². The van der Waals surface area contributed by atoms with Crippen LogP contribution >= 0.6 is 11.6 Å². The molecule has 3 fully saturated rings. The SMILES string of the molecule is CC1(C)[C@H]2Cc3c(nc(N4CCC5(CNC5)C4)c(C#N)c3-c3cc(O)c(F)cc3Cl)[C@@H]1C2. The zero-order valence-electron chi connectivity index (χ0n) is 18.3.